The third-order valence-electron chi connectivity index (χ3n) is 8.00. The van der Waals surface area contributed by atoms with Gasteiger partial charge >= 0.3 is 208 Å². The predicted octanol–water partition coefficient (Wildman–Crippen LogP) is 1.71. The van der Waals surface area contributed by atoms with Gasteiger partial charge in [-0.2, -0.15) is 0 Å². The van der Waals surface area contributed by atoms with Crippen molar-refractivity contribution in [1.82, 2.24) is 0 Å². The molecule has 2 aromatic rings. The van der Waals surface area contributed by atoms with Gasteiger partial charge in [0, 0.05) is 0 Å². The summed E-state index contributed by atoms with van der Waals surface area (Å²) in [5.74, 6) is 0. The predicted molar refractivity (Wildman–Crippen MR) is 147 cm³/mol. The van der Waals surface area contributed by atoms with E-state index in [4.69, 9.17) is 0 Å². The number of fused-ring (bicyclic) bond motifs is 2. The Balaban J connectivity index is 0.00000204. The van der Waals surface area contributed by atoms with Crippen molar-refractivity contribution in [1.29, 1.82) is 0 Å². The quantitative estimate of drug-likeness (QED) is 0.402. The molecule has 0 heterocycles. The SMILES string of the molecule is CC[SiH](CC)C1=C[CH]([Zr+2](=[C](C)C)[CH]2C=C([SiH](CC)CC)c3ccccc32)c2ccccc21.[Cl-].[Cl-]. The van der Waals surface area contributed by atoms with E-state index in [2.05, 4.69) is 102 Å². The minimum atomic E-state index is -2.04. The Morgan fingerprint density at radius 2 is 1.00 bits per heavy atom. The minimum Gasteiger partial charge on any atom is -1.00 e. The first-order valence-corrected chi connectivity index (χ1v) is 21.3. The first-order chi connectivity index (χ1) is 15.5. The maximum atomic E-state index is 2.82. The summed E-state index contributed by atoms with van der Waals surface area (Å²) in [5, 5.41) is 3.58. The summed E-state index contributed by atoms with van der Waals surface area (Å²) in [6.07, 6.45) is 5.64. The molecule has 2 atom stereocenters. The third kappa shape index (κ3) is 5.50. The van der Waals surface area contributed by atoms with E-state index in [9.17, 15) is 0 Å². The number of hydrogen-bond donors (Lipinski definition) is 0. The summed E-state index contributed by atoms with van der Waals surface area (Å²) >= 11 is -2.04. The zero-order chi connectivity index (χ0) is 22.8. The normalized spacial score (nSPS) is 17.7. The molecule has 182 valence electrons. The number of halogens is 2. The van der Waals surface area contributed by atoms with Crippen LogP contribution in [0.5, 0.6) is 0 Å². The number of benzene rings is 2. The smallest absolute Gasteiger partial charge is 1.00 e. The summed E-state index contributed by atoms with van der Waals surface area (Å²) in [7, 11) is -1.72. The average molecular weight is 607 g/mol. The van der Waals surface area contributed by atoms with Crippen LogP contribution in [-0.2, 0) is 21.3 Å². The van der Waals surface area contributed by atoms with Gasteiger partial charge in [-0.1, -0.05) is 0 Å². The molecular formula is C29H40Cl2Si2Zr. The van der Waals surface area contributed by atoms with E-state index in [1.807, 2.05) is 0 Å². The van der Waals surface area contributed by atoms with Crippen LogP contribution in [0, 0.1) is 0 Å². The molecule has 0 fully saturated rings. The molecule has 2 unspecified atom stereocenters. The van der Waals surface area contributed by atoms with Gasteiger partial charge in [0.1, 0.15) is 0 Å². The zero-order valence-corrected chi connectivity index (χ0v) is 27.9. The monoisotopic (exact) mass is 604 g/mol. The zero-order valence-electron chi connectivity index (χ0n) is 21.7. The van der Waals surface area contributed by atoms with Gasteiger partial charge < -0.3 is 24.8 Å². The maximum Gasteiger partial charge on any atom is -1.00 e. The molecule has 2 aliphatic carbocycles. The molecule has 34 heavy (non-hydrogen) atoms. The Labute approximate surface area is 231 Å². The average Bonchev–Trinajstić information content (AvgIpc) is 3.36. The molecule has 0 N–H and O–H groups in total. The minimum absolute atomic E-state index is 0. The van der Waals surface area contributed by atoms with Gasteiger partial charge in [-0.25, -0.2) is 0 Å². The van der Waals surface area contributed by atoms with Crippen molar-refractivity contribution >= 4 is 31.2 Å². The van der Waals surface area contributed by atoms with Crippen LogP contribution >= 0.6 is 0 Å². The number of allylic oxidation sites excluding steroid dienone is 2. The Morgan fingerprint density at radius 3 is 1.32 bits per heavy atom. The van der Waals surface area contributed by atoms with Crippen LogP contribution < -0.4 is 24.8 Å². The van der Waals surface area contributed by atoms with Gasteiger partial charge in [-0.15, -0.1) is 0 Å². The molecule has 0 spiro atoms. The van der Waals surface area contributed by atoms with Gasteiger partial charge in [0.05, 0.1) is 0 Å². The summed E-state index contributed by atoms with van der Waals surface area (Å²) in [6, 6.07) is 24.5. The number of hydrogen-bond acceptors (Lipinski definition) is 0. The van der Waals surface area contributed by atoms with Crippen LogP contribution in [0.15, 0.2) is 60.7 Å². The van der Waals surface area contributed by atoms with E-state index in [-0.39, 0.29) is 24.8 Å². The third-order valence-corrected chi connectivity index (χ3v) is 23.2. The summed E-state index contributed by atoms with van der Waals surface area (Å²) in [5.41, 5.74) is 6.61. The van der Waals surface area contributed by atoms with Crippen molar-refractivity contribution in [2.45, 2.75) is 73.0 Å². The Kier molecular flexibility index (Phi) is 11.7. The summed E-state index contributed by atoms with van der Waals surface area (Å²) in [6.45, 7) is 14.7. The fourth-order valence-electron chi connectivity index (χ4n) is 6.28. The second-order valence-electron chi connectivity index (χ2n) is 9.86. The Bertz CT molecular complexity index is 998. The van der Waals surface area contributed by atoms with E-state index >= 15 is 0 Å². The number of rotatable bonds is 8. The van der Waals surface area contributed by atoms with E-state index in [0.717, 1.165) is 0 Å². The molecule has 0 saturated heterocycles. The van der Waals surface area contributed by atoms with Crippen LogP contribution in [0.2, 0.25) is 24.2 Å². The van der Waals surface area contributed by atoms with E-state index in [1.165, 1.54) is 24.2 Å². The summed E-state index contributed by atoms with van der Waals surface area (Å²) in [4.78, 5) is 0. The summed E-state index contributed by atoms with van der Waals surface area (Å²) < 4.78 is 3.19. The first kappa shape index (κ1) is 29.9. The van der Waals surface area contributed by atoms with Crippen LogP contribution in [0.4, 0.5) is 0 Å². The van der Waals surface area contributed by atoms with Gasteiger partial charge in [-0.05, 0) is 0 Å². The van der Waals surface area contributed by atoms with Crippen molar-refractivity contribution in [3.8, 4) is 0 Å². The molecule has 0 bridgehead atoms. The second kappa shape index (κ2) is 13.3. The molecule has 0 aromatic heterocycles. The van der Waals surface area contributed by atoms with Crippen molar-refractivity contribution in [2.75, 3.05) is 0 Å². The van der Waals surface area contributed by atoms with E-state index < -0.39 is 38.9 Å². The van der Waals surface area contributed by atoms with Crippen LogP contribution in [0.1, 0.15) is 71.0 Å². The van der Waals surface area contributed by atoms with Crippen molar-refractivity contribution in [3.63, 3.8) is 0 Å². The van der Waals surface area contributed by atoms with Gasteiger partial charge in [0.15, 0.2) is 0 Å². The Hall–Kier alpha value is -0.313. The van der Waals surface area contributed by atoms with Gasteiger partial charge in [-0.3, -0.25) is 0 Å². The first-order valence-electron chi connectivity index (χ1n) is 12.8. The fourth-order valence-corrected chi connectivity index (χ4v) is 21.1. The standard InChI is InChI=1S/2C13H17Si.C3H6.2ClH.Zr/c2*1-3-14(4-2)13-10-9-11-7-5-6-8-12(11)13;1-3-2;;;/h2*5-10,14H,3-4H2,1-2H3;1-2H3;2*1H;/q;;;;;+2/p-2. The molecule has 4 rings (SSSR count). The molecule has 0 nitrogen and oxygen atoms in total. The van der Waals surface area contributed by atoms with E-state index in [1.54, 1.807) is 35.9 Å². The van der Waals surface area contributed by atoms with Crippen LogP contribution in [-0.4, -0.2) is 20.8 Å². The molecule has 0 aliphatic heterocycles. The van der Waals surface area contributed by atoms with Crippen LogP contribution in [0.25, 0.3) is 10.4 Å². The van der Waals surface area contributed by atoms with Crippen LogP contribution in [0.3, 0.4) is 0 Å². The Morgan fingerprint density at radius 1 is 0.647 bits per heavy atom. The maximum absolute atomic E-state index is 2.82. The molecule has 0 amide bonds. The molecule has 2 aromatic carbocycles. The topological polar surface area (TPSA) is 0 Å². The van der Waals surface area contributed by atoms with Crippen molar-refractivity contribution in [2.24, 2.45) is 0 Å². The molecule has 2 aliphatic rings. The van der Waals surface area contributed by atoms with E-state index in [0.29, 0.717) is 7.25 Å². The molecule has 0 radical (unpaired) electrons. The van der Waals surface area contributed by atoms with Gasteiger partial charge in [0.25, 0.3) is 0 Å². The molecular weight excluding hydrogens is 567 g/mol. The molecule has 0 saturated carbocycles. The van der Waals surface area contributed by atoms with Crippen molar-refractivity contribution < 1.29 is 46.1 Å². The van der Waals surface area contributed by atoms with Crippen molar-refractivity contribution in [3.05, 3.63) is 82.9 Å². The largest absolute Gasteiger partial charge is 1.00 e. The van der Waals surface area contributed by atoms with Gasteiger partial charge in [0.2, 0.25) is 0 Å². The fraction of sp³-hybridized carbons (Fsp3) is 0.414. The molecule has 5 heteroatoms. The second-order valence-corrected chi connectivity index (χ2v) is 24.9.